The van der Waals surface area contributed by atoms with Crippen molar-refractivity contribution in [3.63, 3.8) is 0 Å². The molecule has 0 N–H and O–H groups in total. The molecule has 1 aromatic carbocycles. The molecule has 0 amide bonds. The highest BCUT2D eigenvalue weighted by Crippen LogP contribution is 2.21. The average Bonchev–Trinajstić information content (AvgIpc) is 2.93. The molecular weight excluding hydrogens is 359 g/mol. The summed E-state index contributed by atoms with van der Waals surface area (Å²) in [5, 5.41) is 0.630. The fourth-order valence-corrected chi connectivity index (χ4v) is 3.58. The van der Waals surface area contributed by atoms with Crippen LogP contribution in [0.5, 0.6) is 0 Å². The normalized spacial score (nSPS) is 11.2. The zero-order valence-electron chi connectivity index (χ0n) is 16.7. The summed E-state index contributed by atoms with van der Waals surface area (Å²) in [6.45, 7) is 9.24. The predicted molar refractivity (Wildman–Crippen MR) is 105 cm³/mol. The number of halogens is 1. The second kappa shape index (κ2) is 7.54. The topological polar surface area (TPSA) is 61.2 Å². The van der Waals surface area contributed by atoms with Gasteiger partial charge in [-0.15, -0.1) is 0 Å². The first-order valence-corrected chi connectivity index (χ1v) is 9.14. The number of aryl methyl sites for hydroxylation is 2. The maximum Gasteiger partial charge on any atom is 0.340 e. The van der Waals surface area contributed by atoms with Gasteiger partial charge in [-0.05, 0) is 58.9 Å². The Morgan fingerprint density at radius 3 is 2.46 bits per heavy atom. The molecule has 0 atom stereocenters. The molecule has 0 unspecified atom stereocenters. The summed E-state index contributed by atoms with van der Waals surface area (Å²) in [5.41, 5.74) is 3.56. The smallest absolute Gasteiger partial charge is 0.340 e. The van der Waals surface area contributed by atoms with Gasteiger partial charge in [0.15, 0.2) is 6.61 Å². The minimum absolute atomic E-state index is 0.236. The highest BCUT2D eigenvalue weighted by atomic mass is 19.1. The van der Waals surface area contributed by atoms with Crippen LogP contribution in [0.25, 0.3) is 10.9 Å². The van der Waals surface area contributed by atoms with Crippen LogP contribution in [0, 0.1) is 26.6 Å². The monoisotopic (exact) mass is 382 g/mol. The zero-order valence-corrected chi connectivity index (χ0v) is 16.7. The van der Waals surface area contributed by atoms with Crippen LogP contribution in [-0.4, -0.2) is 27.9 Å². The highest BCUT2D eigenvalue weighted by molar-refractivity contribution is 6.01. The highest BCUT2D eigenvalue weighted by Gasteiger charge is 2.20. The lowest BCUT2D eigenvalue weighted by Gasteiger charge is -2.13. The lowest BCUT2D eigenvalue weighted by Crippen LogP contribution is -2.16. The first-order chi connectivity index (χ1) is 13.2. The van der Waals surface area contributed by atoms with Crippen LogP contribution < -0.4 is 0 Å². The Bertz CT molecular complexity index is 1080. The van der Waals surface area contributed by atoms with E-state index in [0.29, 0.717) is 22.2 Å². The summed E-state index contributed by atoms with van der Waals surface area (Å²) in [6, 6.07) is 7.84. The molecule has 146 valence electrons. The molecule has 0 aliphatic carbocycles. The number of hydrogen-bond donors (Lipinski definition) is 0. The predicted octanol–water partition coefficient (Wildman–Crippen LogP) is 4.72. The molecule has 0 aliphatic heterocycles. The van der Waals surface area contributed by atoms with Crippen LogP contribution in [0.1, 0.15) is 57.7 Å². The molecule has 0 saturated heterocycles. The molecule has 3 aromatic rings. The molecule has 0 spiro atoms. The molecule has 0 radical (unpaired) electrons. The number of hydrogen-bond acceptors (Lipinski definition) is 4. The van der Waals surface area contributed by atoms with Crippen molar-refractivity contribution in [1.29, 1.82) is 0 Å². The van der Waals surface area contributed by atoms with Gasteiger partial charge in [-0.1, -0.05) is 0 Å². The van der Waals surface area contributed by atoms with E-state index < -0.39 is 5.97 Å². The van der Waals surface area contributed by atoms with Gasteiger partial charge in [-0.3, -0.25) is 9.78 Å². The third kappa shape index (κ3) is 3.67. The Kier molecular flexibility index (Phi) is 5.31. The number of pyridine rings is 1. The van der Waals surface area contributed by atoms with Crippen molar-refractivity contribution in [3.05, 3.63) is 64.4 Å². The summed E-state index contributed by atoms with van der Waals surface area (Å²) in [7, 11) is 0. The average molecular weight is 382 g/mol. The lowest BCUT2D eigenvalue weighted by atomic mass is 10.1. The fraction of sp³-hybridized carbons (Fsp3) is 0.318. The number of ether oxygens (including phenoxy) is 1. The van der Waals surface area contributed by atoms with Gasteiger partial charge in [0.2, 0.25) is 5.78 Å². The van der Waals surface area contributed by atoms with E-state index >= 15 is 0 Å². The summed E-state index contributed by atoms with van der Waals surface area (Å²) < 4.78 is 20.7. The van der Waals surface area contributed by atoms with Gasteiger partial charge in [-0.25, -0.2) is 9.18 Å². The molecule has 2 heterocycles. The number of fused-ring (bicyclic) bond motifs is 1. The van der Waals surface area contributed by atoms with E-state index in [2.05, 4.69) is 23.4 Å². The largest absolute Gasteiger partial charge is 0.454 e. The molecule has 0 aliphatic rings. The lowest BCUT2D eigenvalue weighted by molar-refractivity contribution is 0.0473. The van der Waals surface area contributed by atoms with Crippen LogP contribution in [-0.2, 0) is 4.74 Å². The third-order valence-corrected chi connectivity index (χ3v) is 4.83. The van der Waals surface area contributed by atoms with E-state index in [9.17, 15) is 14.0 Å². The number of rotatable bonds is 5. The minimum atomic E-state index is -0.623. The van der Waals surface area contributed by atoms with Crippen LogP contribution in [0.15, 0.2) is 30.3 Å². The van der Waals surface area contributed by atoms with Crippen molar-refractivity contribution >= 4 is 22.7 Å². The SMILES string of the molecule is Cc1nc2cc(F)ccc2cc1C(=O)OCC(=O)c1cc(C)n(C(C)C)c1C. The van der Waals surface area contributed by atoms with E-state index in [-0.39, 0.29) is 29.8 Å². The van der Waals surface area contributed by atoms with E-state index in [0.717, 1.165) is 11.4 Å². The van der Waals surface area contributed by atoms with E-state index in [1.807, 2.05) is 19.9 Å². The number of esters is 1. The Hall–Kier alpha value is -3.02. The Morgan fingerprint density at radius 1 is 1.11 bits per heavy atom. The van der Waals surface area contributed by atoms with Gasteiger partial charge in [0.1, 0.15) is 5.82 Å². The van der Waals surface area contributed by atoms with Gasteiger partial charge in [0, 0.05) is 34.4 Å². The number of nitrogens with zero attached hydrogens (tertiary/aromatic N) is 2. The maximum absolute atomic E-state index is 13.3. The fourth-order valence-electron chi connectivity index (χ4n) is 3.58. The maximum atomic E-state index is 13.3. The minimum Gasteiger partial charge on any atom is -0.454 e. The molecular formula is C22H23FN2O3. The van der Waals surface area contributed by atoms with E-state index in [1.54, 1.807) is 19.1 Å². The van der Waals surface area contributed by atoms with Crippen molar-refractivity contribution in [3.8, 4) is 0 Å². The molecule has 5 nitrogen and oxygen atoms in total. The number of Topliss-reactive ketones (excluding diaryl/α,β-unsaturated/α-hetero) is 1. The van der Waals surface area contributed by atoms with Crippen LogP contribution in [0.2, 0.25) is 0 Å². The van der Waals surface area contributed by atoms with E-state index in [1.165, 1.54) is 12.1 Å². The number of carbonyl (C=O) groups is 2. The first-order valence-electron chi connectivity index (χ1n) is 9.14. The standard InChI is InChI=1S/C22H23FN2O3/c1-12(2)25-13(3)8-19(15(25)5)21(26)11-28-22(27)18-9-16-6-7-17(23)10-20(16)24-14(18)4/h6-10,12H,11H2,1-5H3. The molecule has 28 heavy (non-hydrogen) atoms. The van der Waals surface area contributed by atoms with Crippen LogP contribution >= 0.6 is 0 Å². The number of aromatic nitrogens is 2. The van der Waals surface area contributed by atoms with Crippen LogP contribution in [0.4, 0.5) is 4.39 Å². The summed E-state index contributed by atoms with van der Waals surface area (Å²) in [6.07, 6.45) is 0. The van der Waals surface area contributed by atoms with Crippen molar-refractivity contribution in [2.24, 2.45) is 0 Å². The van der Waals surface area contributed by atoms with Gasteiger partial charge in [-0.2, -0.15) is 0 Å². The molecule has 6 heteroatoms. The number of ketones is 1. The second-order valence-corrected chi connectivity index (χ2v) is 7.21. The molecule has 0 saturated carbocycles. The summed E-state index contributed by atoms with van der Waals surface area (Å²) in [4.78, 5) is 29.3. The Labute approximate surface area is 163 Å². The summed E-state index contributed by atoms with van der Waals surface area (Å²) >= 11 is 0. The quantitative estimate of drug-likeness (QED) is 0.473. The molecule has 3 rings (SSSR count). The third-order valence-electron chi connectivity index (χ3n) is 4.83. The van der Waals surface area contributed by atoms with Gasteiger partial charge >= 0.3 is 5.97 Å². The van der Waals surface area contributed by atoms with Crippen molar-refractivity contribution in [1.82, 2.24) is 9.55 Å². The Balaban J connectivity index is 1.78. The van der Waals surface area contributed by atoms with Gasteiger partial charge in [0.05, 0.1) is 16.8 Å². The van der Waals surface area contributed by atoms with Gasteiger partial charge < -0.3 is 9.30 Å². The summed E-state index contributed by atoms with van der Waals surface area (Å²) in [5.74, 6) is -1.26. The molecule has 0 fully saturated rings. The zero-order chi connectivity index (χ0) is 20.6. The number of carbonyl (C=O) groups excluding carboxylic acids is 2. The van der Waals surface area contributed by atoms with Crippen LogP contribution in [0.3, 0.4) is 0 Å². The van der Waals surface area contributed by atoms with Crippen molar-refractivity contribution < 1.29 is 18.7 Å². The molecule has 0 bridgehead atoms. The molecule has 2 aromatic heterocycles. The first kappa shape index (κ1) is 19.7. The van der Waals surface area contributed by atoms with Gasteiger partial charge in [0.25, 0.3) is 0 Å². The second-order valence-electron chi connectivity index (χ2n) is 7.21. The number of benzene rings is 1. The Morgan fingerprint density at radius 2 is 1.82 bits per heavy atom. The van der Waals surface area contributed by atoms with Crippen molar-refractivity contribution in [2.75, 3.05) is 6.61 Å². The van der Waals surface area contributed by atoms with Crippen molar-refractivity contribution in [2.45, 2.75) is 40.7 Å². The van der Waals surface area contributed by atoms with E-state index in [4.69, 9.17) is 4.74 Å².